The van der Waals surface area contributed by atoms with E-state index in [2.05, 4.69) is 61.6 Å². The normalized spacial score (nSPS) is 11.1. The minimum Gasteiger partial charge on any atom is -0.0671 e. The van der Waals surface area contributed by atoms with Gasteiger partial charge >= 0.3 is 0 Å². The van der Waals surface area contributed by atoms with Crippen LogP contribution in [0.15, 0.2) is 0 Å². The van der Waals surface area contributed by atoms with E-state index in [9.17, 15) is 0 Å². The third kappa shape index (κ3) is 2.67. The molecule has 0 amide bonds. The van der Waals surface area contributed by atoms with Gasteiger partial charge in [-0.15, -0.1) is 0 Å². The van der Waals surface area contributed by atoms with Crippen molar-refractivity contribution in [3.05, 3.63) is 38.9 Å². The molecule has 0 spiro atoms. The summed E-state index contributed by atoms with van der Waals surface area (Å²) in [5.41, 5.74) is 10.4. The Morgan fingerprint density at radius 1 is 0.476 bits per heavy atom. The SMILES string of the molecule is Cc1c(C)c(C)c2c([Si](C)C)c(C)c(C)c(C)c2c1C.[Re]. The average molecular weight is 470 g/mol. The van der Waals surface area contributed by atoms with Crippen molar-refractivity contribution in [3.63, 3.8) is 0 Å². The van der Waals surface area contributed by atoms with Crippen molar-refractivity contribution >= 4 is 24.8 Å². The van der Waals surface area contributed by atoms with Crippen molar-refractivity contribution in [1.29, 1.82) is 0 Å². The van der Waals surface area contributed by atoms with Gasteiger partial charge in [0, 0.05) is 20.4 Å². The summed E-state index contributed by atoms with van der Waals surface area (Å²) >= 11 is 0. The van der Waals surface area contributed by atoms with Crippen molar-refractivity contribution in [2.75, 3.05) is 0 Å². The summed E-state index contributed by atoms with van der Waals surface area (Å²) < 4.78 is 0. The molecule has 0 nitrogen and oxygen atoms in total. The van der Waals surface area contributed by atoms with Crippen LogP contribution < -0.4 is 5.19 Å². The largest absolute Gasteiger partial charge is 0.0803 e. The molecular formula is C19H27ReSi. The molecule has 0 fully saturated rings. The van der Waals surface area contributed by atoms with E-state index in [0.29, 0.717) is 0 Å². The topological polar surface area (TPSA) is 0 Å². The molecule has 2 aromatic rings. The standard InChI is InChI=1S/C19H27Si.Re/c1-10-11(2)15(6)18-17(13(10)4)14(5)12(3)16(7)19(18)20(8)9;/h1-9H3;. The number of rotatable bonds is 1. The zero-order chi connectivity index (χ0) is 15.4. The minimum atomic E-state index is -0.474. The van der Waals surface area contributed by atoms with Crippen LogP contribution in [0.1, 0.15) is 38.9 Å². The fraction of sp³-hybridized carbons (Fsp3) is 0.474. The number of aryl methyl sites for hydroxylation is 3. The van der Waals surface area contributed by atoms with Crippen LogP contribution in [-0.2, 0) is 20.4 Å². The Labute approximate surface area is 145 Å². The van der Waals surface area contributed by atoms with Crippen LogP contribution in [0.3, 0.4) is 0 Å². The first-order valence-electron chi connectivity index (χ1n) is 7.50. The molecule has 0 saturated carbocycles. The van der Waals surface area contributed by atoms with Crippen LogP contribution in [0, 0.1) is 48.5 Å². The molecule has 0 heterocycles. The van der Waals surface area contributed by atoms with E-state index in [4.69, 9.17) is 0 Å². The van der Waals surface area contributed by atoms with Gasteiger partial charge in [-0.1, -0.05) is 18.3 Å². The second kappa shape index (κ2) is 6.37. The van der Waals surface area contributed by atoms with E-state index in [0.717, 1.165) is 0 Å². The fourth-order valence-corrected chi connectivity index (χ4v) is 5.31. The molecule has 0 aliphatic heterocycles. The van der Waals surface area contributed by atoms with Gasteiger partial charge in [-0.3, -0.25) is 0 Å². The first-order valence-corrected chi connectivity index (χ1v) is 10.0. The Morgan fingerprint density at radius 2 is 0.810 bits per heavy atom. The average Bonchev–Trinajstić information content (AvgIpc) is 2.39. The summed E-state index contributed by atoms with van der Waals surface area (Å²) in [6, 6.07) is 0. The van der Waals surface area contributed by atoms with Gasteiger partial charge in [-0.25, -0.2) is 0 Å². The fourth-order valence-electron chi connectivity index (χ4n) is 3.56. The third-order valence-corrected chi connectivity index (χ3v) is 6.94. The van der Waals surface area contributed by atoms with Gasteiger partial charge in [0.05, 0.1) is 8.80 Å². The van der Waals surface area contributed by atoms with Gasteiger partial charge in [0.25, 0.3) is 0 Å². The summed E-state index contributed by atoms with van der Waals surface area (Å²) in [4.78, 5) is 0. The molecule has 2 rings (SSSR count). The molecule has 21 heavy (non-hydrogen) atoms. The van der Waals surface area contributed by atoms with Crippen LogP contribution >= 0.6 is 0 Å². The van der Waals surface area contributed by atoms with E-state index in [1.54, 1.807) is 10.6 Å². The molecule has 2 aromatic carbocycles. The zero-order valence-corrected chi connectivity index (χ0v) is 18.6. The molecule has 2 heteroatoms. The molecule has 0 aliphatic carbocycles. The smallest absolute Gasteiger partial charge is 0.0671 e. The molecule has 2 radical (unpaired) electrons. The van der Waals surface area contributed by atoms with E-state index in [-0.39, 0.29) is 20.4 Å². The van der Waals surface area contributed by atoms with Crippen LogP contribution in [0.5, 0.6) is 0 Å². The van der Waals surface area contributed by atoms with E-state index in [1.165, 1.54) is 44.3 Å². The van der Waals surface area contributed by atoms with Crippen LogP contribution in [0.4, 0.5) is 0 Å². The van der Waals surface area contributed by atoms with Crippen molar-refractivity contribution < 1.29 is 20.4 Å². The second-order valence-electron chi connectivity index (χ2n) is 6.50. The maximum absolute atomic E-state index is 2.42. The van der Waals surface area contributed by atoms with Crippen LogP contribution in [0.25, 0.3) is 10.8 Å². The maximum atomic E-state index is 2.42. The predicted octanol–water partition coefficient (Wildman–Crippen LogP) is 4.96. The molecule has 0 unspecified atom stereocenters. The van der Waals surface area contributed by atoms with Crippen LogP contribution in [0.2, 0.25) is 13.1 Å². The van der Waals surface area contributed by atoms with E-state index >= 15 is 0 Å². The van der Waals surface area contributed by atoms with E-state index in [1.807, 2.05) is 0 Å². The summed E-state index contributed by atoms with van der Waals surface area (Å²) in [5, 5.41) is 4.73. The molecule has 0 aliphatic rings. The Bertz CT molecular complexity index is 704. The first-order chi connectivity index (χ1) is 9.20. The van der Waals surface area contributed by atoms with Crippen molar-refractivity contribution in [1.82, 2.24) is 0 Å². The Balaban J connectivity index is 0.00000220. The Kier molecular flexibility index (Phi) is 5.65. The van der Waals surface area contributed by atoms with Crippen molar-refractivity contribution in [2.24, 2.45) is 0 Å². The van der Waals surface area contributed by atoms with E-state index < -0.39 is 8.80 Å². The summed E-state index contributed by atoms with van der Waals surface area (Å²) in [5.74, 6) is 0. The van der Waals surface area contributed by atoms with Gasteiger partial charge in [0.15, 0.2) is 0 Å². The van der Waals surface area contributed by atoms with Gasteiger partial charge < -0.3 is 0 Å². The van der Waals surface area contributed by atoms with Crippen molar-refractivity contribution in [2.45, 2.75) is 61.6 Å². The molecule has 0 atom stereocenters. The monoisotopic (exact) mass is 470 g/mol. The summed E-state index contributed by atoms with van der Waals surface area (Å²) in [6.45, 7) is 20.9. The maximum Gasteiger partial charge on any atom is 0.0803 e. The number of fused-ring (bicyclic) bond motifs is 1. The van der Waals surface area contributed by atoms with Gasteiger partial charge in [-0.05, 0) is 98.2 Å². The van der Waals surface area contributed by atoms with Crippen LogP contribution in [-0.4, -0.2) is 8.80 Å². The molecule has 114 valence electrons. The number of hydrogen-bond donors (Lipinski definition) is 0. The Morgan fingerprint density at radius 3 is 1.19 bits per heavy atom. The third-order valence-electron chi connectivity index (χ3n) is 5.31. The number of benzene rings is 2. The minimum absolute atomic E-state index is 0. The second-order valence-corrected chi connectivity index (χ2v) is 9.00. The van der Waals surface area contributed by atoms with Gasteiger partial charge in [0.1, 0.15) is 0 Å². The molecular weight excluding hydrogens is 443 g/mol. The van der Waals surface area contributed by atoms with Gasteiger partial charge in [-0.2, -0.15) is 0 Å². The van der Waals surface area contributed by atoms with Gasteiger partial charge in [0.2, 0.25) is 0 Å². The molecule has 0 saturated heterocycles. The number of hydrogen-bond acceptors (Lipinski definition) is 0. The predicted molar refractivity (Wildman–Crippen MR) is 94.2 cm³/mol. The summed E-state index contributed by atoms with van der Waals surface area (Å²) in [6.07, 6.45) is 0. The summed E-state index contributed by atoms with van der Waals surface area (Å²) in [7, 11) is -0.474. The molecule has 0 aromatic heterocycles. The Hall–Kier alpha value is -0.421. The van der Waals surface area contributed by atoms with Crippen molar-refractivity contribution in [3.8, 4) is 0 Å². The molecule has 0 bridgehead atoms. The first kappa shape index (κ1) is 18.6. The quantitative estimate of drug-likeness (QED) is 0.518. The molecule has 0 N–H and O–H groups in total. The zero-order valence-electron chi connectivity index (χ0n) is 14.9.